The van der Waals surface area contributed by atoms with E-state index in [1.54, 1.807) is 0 Å². The quantitative estimate of drug-likeness (QED) is 0.820. The first-order valence-electron chi connectivity index (χ1n) is 7.69. The molecule has 0 radical (unpaired) electrons. The van der Waals surface area contributed by atoms with Crippen LogP contribution in [0.25, 0.3) is 0 Å². The minimum atomic E-state index is -0.684. The molecule has 0 saturated heterocycles. The Balaban J connectivity index is 1.90. The highest BCUT2D eigenvalue weighted by molar-refractivity contribution is 9.10. The van der Waals surface area contributed by atoms with E-state index in [9.17, 15) is 9.90 Å². The Morgan fingerprint density at radius 1 is 1.43 bits per heavy atom. The third-order valence-corrected chi connectivity index (χ3v) is 4.65. The minimum Gasteiger partial charge on any atom is -0.481 e. The van der Waals surface area contributed by atoms with Crippen LogP contribution in [0.5, 0.6) is 0 Å². The zero-order valence-electron chi connectivity index (χ0n) is 12.7. The summed E-state index contributed by atoms with van der Waals surface area (Å²) in [5.41, 5.74) is 2.80. The molecule has 1 aliphatic carbocycles. The zero-order chi connectivity index (χ0) is 15.4. The monoisotopic (exact) mass is 353 g/mol. The van der Waals surface area contributed by atoms with Gasteiger partial charge >= 0.3 is 5.97 Å². The Morgan fingerprint density at radius 2 is 2.19 bits per heavy atom. The molecule has 1 aromatic rings. The second kappa shape index (κ2) is 7.41. The predicted molar refractivity (Wildman–Crippen MR) is 88.5 cm³/mol. The molecular weight excluding hydrogens is 330 g/mol. The highest BCUT2D eigenvalue weighted by atomic mass is 79.9. The lowest BCUT2D eigenvalue weighted by molar-refractivity contribution is -0.142. The van der Waals surface area contributed by atoms with E-state index in [4.69, 9.17) is 0 Å². The summed E-state index contributed by atoms with van der Waals surface area (Å²) in [6.45, 7) is 4.72. The van der Waals surface area contributed by atoms with Gasteiger partial charge in [0.15, 0.2) is 0 Å². The number of aliphatic carboxylic acids is 1. The van der Waals surface area contributed by atoms with E-state index in [2.05, 4.69) is 53.3 Å². The van der Waals surface area contributed by atoms with Crippen molar-refractivity contribution >= 4 is 21.9 Å². The van der Waals surface area contributed by atoms with Crippen LogP contribution in [0.2, 0.25) is 0 Å². The van der Waals surface area contributed by atoms with Gasteiger partial charge in [-0.15, -0.1) is 0 Å². The molecule has 1 aliphatic rings. The Hall–Kier alpha value is -0.870. The summed E-state index contributed by atoms with van der Waals surface area (Å²) in [7, 11) is 0. The van der Waals surface area contributed by atoms with Crippen LogP contribution in [0.3, 0.4) is 0 Å². The molecular formula is C17H24BrNO2. The molecule has 21 heavy (non-hydrogen) atoms. The highest BCUT2D eigenvalue weighted by Crippen LogP contribution is 2.25. The Bertz CT molecular complexity index is 502. The second-order valence-electron chi connectivity index (χ2n) is 6.43. The third-order valence-electron chi connectivity index (χ3n) is 4.15. The number of hydrogen-bond acceptors (Lipinski definition) is 2. The summed E-state index contributed by atoms with van der Waals surface area (Å²) in [6, 6.07) is 6.85. The first kappa shape index (κ1) is 16.5. The summed E-state index contributed by atoms with van der Waals surface area (Å²) >= 11 is 3.51. The van der Waals surface area contributed by atoms with Crippen molar-refractivity contribution < 1.29 is 9.90 Å². The van der Waals surface area contributed by atoms with Gasteiger partial charge in [0, 0.05) is 17.1 Å². The van der Waals surface area contributed by atoms with Crippen molar-refractivity contribution in [2.45, 2.75) is 45.6 Å². The van der Waals surface area contributed by atoms with E-state index < -0.39 is 5.97 Å². The number of rotatable bonds is 6. The fraction of sp³-hybridized carbons (Fsp3) is 0.588. The van der Waals surface area contributed by atoms with Crippen LogP contribution in [0.15, 0.2) is 22.7 Å². The van der Waals surface area contributed by atoms with Crippen LogP contribution < -0.4 is 5.32 Å². The SMILES string of the molecule is CC(C)CC(CNC1CCc2cc(Br)ccc2C1)C(=O)O. The fourth-order valence-electron chi connectivity index (χ4n) is 3.05. The van der Waals surface area contributed by atoms with Crippen molar-refractivity contribution in [1.29, 1.82) is 0 Å². The first-order chi connectivity index (χ1) is 9.95. The summed E-state index contributed by atoms with van der Waals surface area (Å²) in [4.78, 5) is 11.3. The van der Waals surface area contributed by atoms with Gasteiger partial charge in [-0.2, -0.15) is 0 Å². The van der Waals surface area contributed by atoms with Crippen LogP contribution in [0, 0.1) is 11.8 Å². The molecule has 3 nitrogen and oxygen atoms in total. The third kappa shape index (κ3) is 4.82. The van der Waals surface area contributed by atoms with Crippen molar-refractivity contribution in [3.63, 3.8) is 0 Å². The molecule has 116 valence electrons. The molecule has 2 atom stereocenters. The van der Waals surface area contributed by atoms with Gasteiger partial charge in [-0.1, -0.05) is 35.8 Å². The molecule has 0 bridgehead atoms. The number of fused-ring (bicyclic) bond motifs is 1. The standard InChI is InChI=1S/C17H24BrNO2/c1-11(2)7-14(17(20)21)10-19-16-6-4-12-8-15(18)5-3-13(12)9-16/h3,5,8,11,14,16,19H,4,6-7,9-10H2,1-2H3,(H,20,21). The maximum Gasteiger partial charge on any atom is 0.307 e. The predicted octanol–water partition coefficient (Wildman–Crippen LogP) is 3.64. The average molecular weight is 354 g/mol. The maximum absolute atomic E-state index is 11.3. The van der Waals surface area contributed by atoms with Crippen LogP contribution in [-0.2, 0) is 17.6 Å². The van der Waals surface area contributed by atoms with Gasteiger partial charge < -0.3 is 10.4 Å². The number of hydrogen-bond donors (Lipinski definition) is 2. The molecule has 1 aromatic carbocycles. The zero-order valence-corrected chi connectivity index (χ0v) is 14.3. The molecule has 2 rings (SSSR count). The van der Waals surface area contributed by atoms with Crippen LogP contribution >= 0.6 is 15.9 Å². The normalized spacial score (nSPS) is 19.3. The second-order valence-corrected chi connectivity index (χ2v) is 7.34. The Morgan fingerprint density at radius 3 is 2.86 bits per heavy atom. The summed E-state index contributed by atoms with van der Waals surface area (Å²) < 4.78 is 1.13. The number of nitrogens with one attached hydrogen (secondary N) is 1. The molecule has 4 heteroatoms. The highest BCUT2D eigenvalue weighted by Gasteiger charge is 2.23. The smallest absolute Gasteiger partial charge is 0.307 e. The number of benzene rings is 1. The van der Waals surface area contributed by atoms with Crippen LogP contribution in [0.1, 0.15) is 37.8 Å². The van der Waals surface area contributed by atoms with E-state index in [0.29, 0.717) is 18.5 Å². The van der Waals surface area contributed by atoms with Crippen molar-refractivity contribution in [2.24, 2.45) is 11.8 Å². The average Bonchev–Trinajstić information content (AvgIpc) is 2.42. The van der Waals surface area contributed by atoms with Crippen molar-refractivity contribution in [1.82, 2.24) is 5.32 Å². The van der Waals surface area contributed by atoms with Gasteiger partial charge in [-0.25, -0.2) is 0 Å². The Kier molecular flexibility index (Phi) is 5.82. The molecule has 0 spiro atoms. The van der Waals surface area contributed by atoms with Gasteiger partial charge in [-0.3, -0.25) is 4.79 Å². The van der Waals surface area contributed by atoms with E-state index in [1.165, 1.54) is 11.1 Å². The molecule has 0 heterocycles. The Labute approximate surface area is 135 Å². The largest absolute Gasteiger partial charge is 0.481 e. The van der Waals surface area contributed by atoms with Crippen molar-refractivity contribution in [2.75, 3.05) is 6.54 Å². The lowest BCUT2D eigenvalue weighted by Gasteiger charge is -2.27. The molecule has 2 unspecified atom stereocenters. The van der Waals surface area contributed by atoms with Gasteiger partial charge in [0.25, 0.3) is 0 Å². The van der Waals surface area contributed by atoms with E-state index >= 15 is 0 Å². The van der Waals surface area contributed by atoms with E-state index in [0.717, 1.165) is 30.2 Å². The van der Waals surface area contributed by atoms with E-state index in [1.807, 2.05) is 0 Å². The molecule has 0 saturated carbocycles. The molecule has 0 fully saturated rings. The van der Waals surface area contributed by atoms with Crippen LogP contribution in [0.4, 0.5) is 0 Å². The molecule has 2 N–H and O–H groups in total. The van der Waals surface area contributed by atoms with Gasteiger partial charge in [0.05, 0.1) is 5.92 Å². The minimum absolute atomic E-state index is 0.281. The number of carboxylic acids is 1. The number of carboxylic acid groups (broad SMARTS) is 1. The van der Waals surface area contributed by atoms with Gasteiger partial charge in [0.1, 0.15) is 0 Å². The summed E-state index contributed by atoms with van der Waals surface area (Å²) in [5.74, 6) is -0.551. The number of halogens is 1. The summed E-state index contributed by atoms with van der Waals surface area (Å²) in [5, 5.41) is 12.8. The van der Waals surface area contributed by atoms with Crippen molar-refractivity contribution in [3.8, 4) is 0 Å². The lowest BCUT2D eigenvalue weighted by atomic mass is 9.88. The van der Waals surface area contributed by atoms with E-state index in [-0.39, 0.29) is 5.92 Å². The summed E-state index contributed by atoms with van der Waals surface area (Å²) in [6.07, 6.45) is 3.88. The maximum atomic E-state index is 11.3. The number of aryl methyl sites for hydroxylation is 1. The van der Waals surface area contributed by atoms with Crippen molar-refractivity contribution in [3.05, 3.63) is 33.8 Å². The topological polar surface area (TPSA) is 49.3 Å². The van der Waals surface area contributed by atoms with Gasteiger partial charge in [-0.05, 0) is 54.9 Å². The fourth-order valence-corrected chi connectivity index (χ4v) is 3.46. The first-order valence-corrected chi connectivity index (χ1v) is 8.48. The van der Waals surface area contributed by atoms with Gasteiger partial charge in [0.2, 0.25) is 0 Å². The van der Waals surface area contributed by atoms with Crippen LogP contribution in [-0.4, -0.2) is 23.7 Å². The molecule has 0 aliphatic heterocycles. The molecule has 0 aromatic heterocycles. The lowest BCUT2D eigenvalue weighted by Crippen LogP contribution is -2.39. The number of carbonyl (C=O) groups is 1. The molecule has 0 amide bonds.